The molecule has 3 heteroatoms. The zero-order valence-electron chi connectivity index (χ0n) is 12.7. The van der Waals surface area contributed by atoms with Gasteiger partial charge in [0.1, 0.15) is 0 Å². The molecule has 2 aliphatic heterocycles. The van der Waals surface area contributed by atoms with Crippen LogP contribution in [0.15, 0.2) is 42.7 Å². The van der Waals surface area contributed by atoms with Crippen LogP contribution in [0, 0.1) is 6.92 Å². The van der Waals surface area contributed by atoms with E-state index in [9.17, 15) is 0 Å². The van der Waals surface area contributed by atoms with Gasteiger partial charge < -0.3 is 9.80 Å². The third-order valence-electron chi connectivity index (χ3n) is 4.84. The highest BCUT2D eigenvalue weighted by Gasteiger charge is 2.43. The van der Waals surface area contributed by atoms with E-state index in [1.165, 1.54) is 28.9 Å². The van der Waals surface area contributed by atoms with Crippen molar-refractivity contribution >= 4 is 5.69 Å². The Hall–Kier alpha value is -1.87. The van der Waals surface area contributed by atoms with Gasteiger partial charge in [0.25, 0.3) is 0 Å². The number of fused-ring (bicyclic) bond motifs is 3. The molecule has 1 aromatic carbocycles. The first-order chi connectivity index (χ1) is 10.2. The number of benzene rings is 1. The third kappa shape index (κ3) is 2.12. The van der Waals surface area contributed by atoms with Crippen molar-refractivity contribution < 1.29 is 0 Å². The predicted octanol–water partition coefficient (Wildman–Crippen LogP) is 2.81. The number of hydrogen-bond acceptors (Lipinski definition) is 3. The lowest BCUT2D eigenvalue weighted by Gasteiger charge is -2.27. The number of likely N-dealkylation sites (N-methyl/N-ethyl adjacent to an activating group) is 1. The molecular weight excluding hydrogens is 258 g/mol. The van der Waals surface area contributed by atoms with E-state index in [1.54, 1.807) is 0 Å². The molecule has 0 amide bonds. The zero-order chi connectivity index (χ0) is 14.4. The van der Waals surface area contributed by atoms with Crippen molar-refractivity contribution in [3.05, 3.63) is 59.4 Å². The molecule has 0 saturated carbocycles. The number of rotatable bonds is 2. The van der Waals surface area contributed by atoms with Crippen LogP contribution in [0.3, 0.4) is 0 Å². The van der Waals surface area contributed by atoms with Gasteiger partial charge in [-0.05, 0) is 37.2 Å². The number of aromatic nitrogens is 1. The van der Waals surface area contributed by atoms with Crippen LogP contribution in [0.5, 0.6) is 0 Å². The molecule has 1 saturated heterocycles. The lowest BCUT2D eigenvalue weighted by molar-refractivity contribution is 0.402. The fraction of sp³-hybridized carbons (Fsp3) is 0.389. The van der Waals surface area contributed by atoms with E-state index in [2.05, 4.69) is 53.0 Å². The minimum Gasteiger partial charge on any atom is -0.362 e. The van der Waals surface area contributed by atoms with E-state index in [0.29, 0.717) is 12.0 Å². The van der Waals surface area contributed by atoms with Crippen LogP contribution in [-0.2, 0) is 6.54 Å². The molecule has 0 radical (unpaired) electrons. The van der Waals surface area contributed by atoms with Gasteiger partial charge in [-0.25, -0.2) is 0 Å². The minimum atomic E-state index is 0.604. The Morgan fingerprint density at radius 3 is 2.95 bits per heavy atom. The van der Waals surface area contributed by atoms with Crippen molar-refractivity contribution in [2.75, 3.05) is 25.0 Å². The van der Waals surface area contributed by atoms with E-state index in [1.807, 2.05) is 18.5 Å². The molecule has 0 bridgehead atoms. The van der Waals surface area contributed by atoms with Crippen LogP contribution in [0.2, 0.25) is 0 Å². The summed E-state index contributed by atoms with van der Waals surface area (Å²) in [4.78, 5) is 9.30. The highest BCUT2D eigenvalue weighted by atomic mass is 15.3. The molecule has 2 aliphatic rings. The Kier molecular flexibility index (Phi) is 2.96. The first-order valence-corrected chi connectivity index (χ1v) is 7.67. The van der Waals surface area contributed by atoms with Gasteiger partial charge in [0.15, 0.2) is 0 Å². The van der Waals surface area contributed by atoms with Crippen LogP contribution in [-0.4, -0.2) is 36.1 Å². The molecule has 1 aromatic heterocycles. The third-order valence-corrected chi connectivity index (χ3v) is 4.84. The summed E-state index contributed by atoms with van der Waals surface area (Å²) in [7, 11) is 2.23. The average molecular weight is 279 g/mol. The topological polar surface area (TPSA) is 19.4 Å². The standard InChI is InChI=1S/C18H21N3/c1-13-5-6-17-15(8-13)16-11-20(2)12-18(16)21(17)10-14-4-3-7-19-9-14/h3-9,16,18H,10-12H2,1-2H3/t16-,18-/m1/s1. The van der Waals surface area contributed by atoms with Gasteiger partial charge in [0.2, 0.25) is 0 Å². The number of nitrogens with zero attached hydrogens (tertiary/aromatic N) is 3. The van der Waals surface area contributed by atoms with Crippen molar-refractivity contribution in [2.24, 2.45) is 0 Å². The first kappa shape index (κ1) is 12.8. The fourth-order valence-electron chi connectivity index (χ4n) is 3.90. The Morgan fingerprint density at radius 1 is 1.24 bits per heavy atom. The summed E-state index contributed by atoms with van der Waals surface area (Å²) in [6.45, 7) is 5.47. The highest BCUT2D eigenvalue weighted by molar-refractivity contribution is 5.64. The van der Waals surface area contributed by atoms with Gasteiger partial charge in [0, 0.05) is 43.6 Å². The molecule has 0 unspecified atom stereocenters. The summed E-state index contributed by atoms with van der Waals surface area (Å²) in [6.07, 6.45) is 3.83. The minimum absolute atomic E-state index is 0.604. The maximum absolute atomic E-state index is 4.26. The van der Waals surface area contributed by atoms with E-state index in [4.69, 9.17) is 0 Å². The summed E-state index contributed by atoms with van der Waals surface area (Å²) in [5.74, 6) is 0.654. The fourth-order valence-corrected chi connectivity index (χ4v) is 3.90. The van der Waals surface area contributed by atoms with Gasteiger partial charge in [-0.3, -0.25) is 4.98 Å². The lowest BCUT2D eigenvalue weighted by Crippen LogP contribution is -2.35. The van der Waals surface area contributed by atoms with Crippen molar-refractivity contribution in [1.82, 2.24) is 9.88 Å². The smallest absolute Gasteiger partial charge is 0.0502 e. The maximum atomic E-state index is 4.26. The zero-order valence-corrected chi connectivity index (χ0v) is 12.7. The maximum Gasteiger partial charge on any atom is 0.0502 e. The van der Waals surface area contributed by atoms with Gasteiger partial charge in [-0.2, -0.15) is 0 Å². The Labute approximate surface area is 126 Å². The molecule has 21 heavy (non-hydrogen) atoms. The monoisotopic (exact) mass is 279 g/mol. The van der Waals surface area contributed by atoms with Crippen molar-refractivity contribution in [3.8, 4) is 0 Å². The van der Waals surface area contributed by atoms with Crippen LogP contribution < -0.4 is 4.90 Å². The molecular formula is C18H21N3. The van der Waals surface area contributed by atoms with E-state index in [-0.39, 0.29) is 0 Å². The number of pyridine rings is 1. The van der Waals surface area contributed by atoms with Crippen LogP contribution in [0.1, 0.15) is 22.6 Å². The SMILES string of the molecule is Cc1ccc2c(c1)[C@H]1CN(C)C[C@H]1N2Cc1cccnc1. The lowest BCUT2D eigenvalue weighted by atomic mass is 9.97. The number of anilines is 1. The molecule has 1 fully saturated rings. The largest absolute Gasteiger partial charge is 0.362 e. The number of hydrogen-bond donors (Lipinski definition) is 0. The summed E-state index contributed by atoms with van der Waals surface area (Å²) >= 11 is 0. The van der Waals surface area contributed by atoms with Gasteiger partial charge in [0.05, 0.1) is 6.04 Å². The average Bonchev–Trinajstić information content (AvgIpc) is 2.98. The van der Waals surface area contributed by atoms with Gasteiger partial charge >= 0.3 is 0 Å². The Bertz CT molecular complexity index is 653. The molecule has 4 rings (SSSR count). The van der Waals surface area contributed by atoms with Gasteiger partial charge in [-0.1, -0.05) is 23.8 Å². The summed E-state index contributed by atoms with van der Waals surface area (Å²) < 4.78 is 0. The number of likely N-dealkylation sites (tertiary alicyclic amines) is 1. The van der Waals surface area contributed by atoms with Crippen molar-refractivity contribution in [3.63, 3.8) is 0 Å². The molecule has 0 spiro atoms. The Balaban J connectivity index is 1.73. The molecule has 2 aromatic rings. The summed E-state index contributed by atoms with van der Waals surface area (Å²) in [5, 5.41) is 0. The van der Waals surface area contributed by atoms with E-state index >= 15 is 0 Å². The summed E-state index contributed by atoms with van der Waals surface area (Å²) in [5.41, 5.74) is 5.62. The summed E-state index contributed by atoms with van der Waals surface area (Å²) in [6, 6.07) is 11.7. The van der Waals surface area contributed by atoms with E-state index in [0.717, 1.165) is 13.1 Å². The molecule has 3 heterocycles. The predicted molar refractivity (Wildman–Crippen MR) is 85.6 cm³/mol. The second-order valence-corrected chi connectivity index (χ2v) is 6.45. The first-order valence-electron chi connectivity index (χ1n) is 7.67. The molecule has 3 nitrogen and oxygen atoms in total. The van der Waals surface area contributed by atoms with Crippen molar-refractivity contribution in [1.29, 1.82) is 0 Å². The molecule has 2 atom stereocenters. The molecule has 0 N–H and O–H groups in total. The van der Waals surface area contributed by atoms with Crippen LogP contribution >= 0.6 is 0 Å². The quantitative estimate of drug-likeness (QED) is 0.842. The second-order valence-electron chi connectivity index (χ2n) is 6.45. The van der Waals surface area contributed by atoms with E-state index < -0.39 is 0 Å². The number of aryl methyl sites for hydroxylation is 1. The Morgan fingerprint density at radius 2 is 2.14 bits per heavy atom. The normalized spacial score (nSPS) is 24.2. The molecule has 0 aliphatic carbocycles. The van der Waals surface area contributed by atoms with Crippen LogP contribution in [0.25, 0.3) is 0 Å². The molecule has 108 valence electrons. The van der Waals surface area contributed by atoms with Crippen LogP contribution in [0.4, 0.5) is 5.69 Å². The van der Waals surface area contributed by atoms with Crippen molar-refractivity contribution in [2.45, 2.75) is 25.4 Å². The highest BCUT2D eigenvalue weighted by Crippen LogP contribution is 2.45. The second kappa shape index (κ2) is 4.85. The van der Waals surface area contributed by atoms with Gasteiger partial charge in [-0.15, -0.1) is 0 Å².